The molecule has 1 N–H and O–H groups in total. The predicted octanol–water partition coefficient (Wildman–Crippen LogP) is 3.03. The molecule has 0 aromatic rings. The minimum absolute atomic E-state index is 0.250. The maximum atomic E-state index is 11.4. The van der Waals surface area contributed by atoms with Crippen LogP contribution in [0.3, 0.4) is 0 Å². The Kier molecular flexibility index (Phi) is 4.03. The summed E-state index contributed by atoms with van der Waals surface area (Å²) in [6, 6.07) is 0. The van der Waals surface area contributed by atoms with Crippen molar-refractivity contribution < 1.29 is 14.6 Å². The summed E-state index contributed by atoms with van der Waals surface area (Å²) >= 11 is 0. The van der Waals surface area contributed by atoms with E-state index in [2.05, 4.69) is 27.4 Å². The normalized spacial score (nSPS) is 29.8. The predicted molar refractivity (Wildman–Crippen MR) is 67.3 cm³/mol. The molecule has 0 unspecified atom stereocenters. The lowest BCUT2D eigenvalue weighted by Gasteiger charge is -2.40. The first-order chi connectivity index (χ1) is 7.64. The van der Waals surface area contributed by atoms with Crippen molar-refractivity contribution in [2.75, 3.05) is 0 Å². The molecule has 3 heteroatoms. The standard InChI is InChI=1S/C14H24O3/c1-10(2)12(15)17-14(16)8-6-11(7-9-14)13(3,4)5/h11,16H,1,6-9H2,2-5H3. The molecular weight excluding hydrogens is 216 g/mol. The Morgan fingerprint density at radius 1 is 1.35 bits per heavy atom. The van der Waals surface area contributed by atoms with Crippen LogP contribution in [0.25, 0.3) is 0 Å². The second-order valence-electron chi connectivity index (χ2n) is 6.26. The van der Waals surface area contributed by atoms with Crippen molar-refractivity contribution in [1.29, 1.82) is 0 Å². The van der Waals surface area contributed by atoms with Crippen LogP contribution in [-0.2, 0) is 9.53 Å². The number of carbonyl (C=O) groups is 1. The van der Waals surface area contributed by atoms with Gasteiger partial charge in [-0.3, -0.25) is 0 Å². The average molecular weight is 240 g/mol. The number of esters is 1. The van der Waals surface area contributed by atoms with Gasteiger partial charge in [-0.1, -0.05) is 27.4 Å². The number of hydrogen-bond donors (Lipinski definition) is 1. The summed E-state index contributed by atoms with van der Waals surface area (Å²) < 4.78 is 5.12. The molecular formula is C14H24O3. The van der Waals surface area contributed by atoms with Crippen LogP contribution in [0.5, 0.6) is 0 Å². The topological polar surface area (TPSA) is 46.5 Å². The van der Waals surface area contributed by atoms with Gasteiger partial charge < -0.3 is 9.84 Å². The smallest absolute Gasteiger partial charge is 0.335 e. The molecule has 0 amide bonds. The van der Waals surface area contributed by atoms with Gasteiger partial charge >= 0.3 is 5.97 Å². The number of carbonyl (C=O) groups excluding carboxylic acids is 1. The maximum Gasteiger partial charge on any atom is 0.335 e. The quantitative estimate of drug-likeness (QED) is 0.458. The van der Waals surface area contributed by atoms with Crippen LogP contribution in [0.4, 0.5) is 0 Å². The minimum Gasteiger partial charge on any atom is -0.430 e. The summed E-state index contributed by atoms with van der Waals surface area (Å²) in [6.45, 7) is 11.7. The zero-order chi connectivity index (χ0) is 13.3. The average Bonchev–Trinajstić information content (AvgIpc) is 2.15. The van der Waals surface area contributed by atoms with E-state index >= 15 is 0 Å². The van der Waals surface area contributed by atoms with Gasteiger partial charge in [0.25, 0.3) is 0 Å². The molecule has 0 bridgehead atoms. The molecule has 98 valence electrons. The largest absolute Gasteiger partial charge is 0.430 e. The van der Waals surface area contributed by atoms with Crippen molar-refractivity contribution in [1.82, 2.24) is 0 Å². The SMILES string of the molecule is C=C(C)C(=O)OC1(O)CCC(C(C)(C)C)CC1. The highest BCUT2D eigenvalue weighted by Gasteiger charge is 2.39. The van der Waals surface area contributed by atoms with Crippen LogP contribution in [0, 0.1) is 11.3 Å². The van der Waals surface area contributed by atoms with Gasteiger partial charge in [-0.2, -0.15) is 0 Å². The van der Waals surface area contributed by atoms with E-state index in [9.17, 15) is 9.90 Å². The van der Waals surface area contributed by atoms with Crippen molar-refractivity contribution in [3.8, 4) is 0 Å². The van der Waals surface area contributed by atoms with E-state index in [1.54, 1.807) is 6.92 Å². The summed E-state index contributed by atoms with van der Waals surface area (Å²) in [5.41, 5.74) is 0.580. The number of ether oxygens (including phenoxy) is 1. The van der Waals surface area contributed by atoms with E-state index in [0.717, 1.165) is 12.8 Å². The van der Waals surface area contributed by atoms with Crippen molar-refractivity contribution in [3.63, 3.8) is 0 Å². The van der Waals surface area contributed by atoms with E-state index < -0.39 is 11.8 Å². The fraction of sp³-hybridized carbons (Fsp3) is 0.786. The molecule has 1 fully saturated rings. The maximum absolute atomic E-state index is 11.4. The van der Waals surface area contributed by atoms with Gasteiger partial charge in [0.15, 0.2) is 0 Å². The fourth-order valence-corrected chi connectivity index (χ4v) is 2.30. The molecule has 0 atom stereocenters. The summed E-state index contributed by atoms with van der Waals surface area (Å²) in [4.78, 5) is 11.4. The zero-order valence-electron chi connectivity index (χ0n) is 11.4. The molecule has 0 aromatic heterocycles. The Balaban J connectivity index is 2.55. The second kappa shape index (κ2) is 4.81. The Morgan fingerprint density at radius 2 is 1.82 bits per heavy atom. The third kappa shape index (κ3) is 3.84. The molecule has 1 rings (SSSR count). The van der Waals surface area contributed by atoms with Gasteiger partial charge in [0.05, 0.1) is 0 Å². The number of hydrogen-bond acceptors (Lipinski definition) is 3. The van der Waals surface area contributed by atoms with Crippen LogP contribution < -0.4 is 0 Å². The molecule has 0 radical (unpaired) electrons. The van der Waals surface area contributed by atoms with Gasteiger partial charge in [-0.15, -0.1) is 0 Å². The first-order valence-corrected chi connectivity index (χ1v) is 6.25. The van der Waals surface area contributed by atoms with E-state index in [4.69, 9.17) is 4.74 Å². The van der Waals surface area contributed by atoms with E-state index in [0.29, 0.717) is 24.3 Å². The van der Waals surface area contributed by atoms with Crippen molar-refractivity contribution >= 4 is 5.97 Å². The summed E-state index contributed by atoms with van der Waals surface area (Å²) in [7, 11) is 0. The molecule has 0 aromatic carbocycles. The lowest BCUT2D eigenvalue weighted by atomic mass is 9.71. The minimum atomic E-state index is -1.28. The second-order valence-corrected chi connectivity index (χ2v) is 6.26. The van der Waals surface area contributed by atoms with E-state index in [1.807, 2.05) is 0 Å². The van der Waals surface area contributed by atoms with Crippen molar-refractivity contribution in [2.24, 2.45) is 11.3 Å². The summed E-state index contributed by atoms with van der Waals surface area (Å²) in [6.07, 6.45) is 2.83. The fourth-order valence-electron chi connectivity index (χ4n) is 2.30. The Bertz CT molecular complexity index is 304. The first kappa shape index (κ1) is 14.2. The Labute approximate surface area is 104 Å². The lowest BCUT2D eigenvalue weighted by Crippen LogP contribution is -2.41. The van der Waals surface area contributed by atoms with Crippen LogP contribution in [-0.4, -0.2) is 16.9 Å². The van der Waals surface area contributed by atoms with E-state index in [-0.39, 0.29) is 5.41 Å². The van der Waals surface area contributed by atoms with Gasteiger partial charge in [0, 0.05) is 18.4 Å². The molecule has 1 aliphatic rings. The highest BCUT2D eigenvalue weighted by molar-refractivity contribution is 5.87. The van der Waals surface area contributed by atoms with Crippen LogP contribution in [0.2, 0.25) is 0 Å². The highest BCUT2D eigenvalue weighted by Crippen LogP contribution is 2.41. The Hall–Kier alpha value is -0.830. The third-order valence-corrected chi connectivity index (χ3v) is 3.62. The molecule has 0 aliphatic heterocycles. The zero-order valence-corrected chi connectivity index (χ0v) is 11.4. The molecule has 1 aliphatic carbocycles. The van der Waals surface area contributed by atoms with Crippen LogP contribution in [0.1, 0.15) is 53.4 Å². The van der Waals surface area contributed by atoms with Gasteiger partial charge in [-0.05, 0) is 31.1 Å². The molecule has 0 heterocycles. The van der Waals surface area contributed by atoms with Gasteiger partial charge in [-0.25, -0.2) is 4.79 Å². The summed E-state index contributed by atoms with van der Waals surface area (Å²) in [5.74, 6) is -1.20. The van der Waals surface area contributed by atoms with Crippen molar-refractivity contribution in [3.05, 3.63) is 12.2 Å². The Morgan fingerprint density at radius 3 is 2.18 bits per heavy atom. The third-order valence-electron chi connectivity index (χ3n) is 3.62. The van der Waals surface area contributed by atoms with Gasteiger partial charge in [0.2, 0.25) is 5.79 Å². The van der Waals surface area contributed by atoms with Crippen LogP contribution in [0.15, 0.2) is 12.2 Å². The van der Waals surface area contributed by atoms with Crippen molar-refractivity contribution in [2.45, 2.75) is 59.2 Å². The summed E-state index contributed by atoms with van der Waals surface area (Å²) in [5, 5.41) is 10.2. The molecule has 17 heavy (non-hydrogen) atoms. The van der Waals surface area contributed by atoms with E-state index in [1.165, 1.54) is 0 Å². The lowest BCUT2D eigenvalue weighted by molar-refractivity contribution is -0.222. The molecule has 0 spiro atoms. The molecule has 1 saturated carbocycles. The number of aliphatic hydroxyl groups is 1. The first-order valence-electron chi connectivity index (χ1n) is 6.25. The highest BCUT2D eigenvalue weighted by atomic mass is 16.7. The van der Waals surface area contributed by atoms with Crippen LogP contribution >= 0.6 is 0 Å². The number of rotatable bonds is 2. The molecule has 3 nitrogen and oxygen atoms in total. The monoisotopic (exact) mass is 240 g/mol. The molecule has 0 saturated heterocycles. The van der Waals surface area contributed by atoms with Gasteiger partial charge in [0.1, 0.15) is 0 Å².